The van der Waals surface area contributed by atoms with Crippen LogP contribution in [0.2, 0.25) is 0 Å². The van der Waals surface area contributed by atoms with E-state index < -0.39 is 0 Å². The second-order valence-corrected chi connectivity index (χ2v) is 4.71. The highest BCUT2D eigenvalue weighted by molar-refractivity contribution is 5.76. The number of unbranched alkanes of at least 4 members (excludes halogenated alkanes) is 1. The van der Waals surface area contributed by atoms with E-state index >= 15 is 0 Å². The van der Waals surface area contributed by atoms with Gasteiger partial charge in [-0.05, 0) is 44.4 Å². The number of amides is 1. The summed E-state index contributed by atoms with van der Waals surface area (Å²) in [5.41, 5.74) is 0. The minimum Gasteiger partial charge on any atom is -0.396 e. The van der Waals surface area contributed by atoms with Crippen molar-refractivity contribution in [1.82, 2.24) is 5.32 Å². The van der Waals surface area contributed by atoms with Crippen molar-refractivity contribution in [1.29, 1.82) is 0 Å². The van der Waals surface area contributed by atoms with Crippen LogP contribution in [0.15, 0.2) is 0 Å². The van der Waals surface area contributed by atoms with E-state index in [0.29, 0.717) is 12.5 Å². The molecule has 0 aliphatic heterocycles. The van der Waals surface area contributed by atoms with Crippen molar-refractivity contribution in [2.24, 2.45) is 5.92 Å². The number of nitrogens with one attached hydrogen (secondary N) is 1. The summed E-state index contributed by atoms with van der Waals surface area (Å²) in [7, 11) is 0. The molecule has 1 saturated carbocycles. The summed E-state index contributed by atoms with van der Waals surface area (Å²) in [5, 5.41) is 11.7. The van der Waals surface area contributed by atoms with Gasteiger partial charge in [-0.25, -0.2) is 0 Å². The van der Waals surface area contributed by atoms with Crippen molar-refractivity contribution in [3.63, 3.8) is 0 Å². The minimum atomic E-state index is 0.156. The average molecular weight is 213 g/mol. The molecule has 3 nitrogen and oxygen atoms in total. The summed E-state index contributed by atoms with van der Waals surface area (Å²) in [4.78, 5) is 11.5. The molecular weight excluding hydrogens is 190 g/mol. The molecule has 0 aromatic rings. The lowest BCUT2D eigenvalue weighted by Crippen LogP contribution is -2.37. The van der Waals surface area contributed by atoms with Crippen molar-refractivity contribution >= 4 is 5.91 Å². The van der Waals surface area contributed by atoms with Gasteiger partial charge in [0.25, 0.3) is 0 Å². The molecule has 1 aliphatic rings. The zero-order valence-electron chi connectivity index (χ0n) is 9.67. The SMILES string of the molecule is CC1CCC(NC(=O)CCCCO)CC1. The fraction of sp³-hybridized carbons (Fsp3) is 0.917. The Balaban J connectivity index is 2.09. The summed E-state index contributed by atoms with van der Waals surface area (Å²) < 4.78 is 0. The van der Waals surface area contributed by atoms with E-state index in [1.54, 1.807) is 0 Å². The molecule has 0 heterocycles. The predicted octanol–water partition coefficient (Wildman–Crippen LogP) is 1.84. The molecule has 0 atom stereocenters. The smallest absolute Gasteiger partial charge is 0.220 e. The Bertz CT molecular complexity index is 186. The van der Waals surface area contributed by atoms with Gasteiger partial charge in [0, 0.05) is 19.1 Å². The normalized spacial score (nSPS) is 26.3. The van der Waals surface area contributed by atoms with Crippen LogP contribution in [0.5, 0.6) is 0 Å². The summed E-state index contributed by atoms with van der Waals surface area (Å²) in [6, 6.07) is 0.405. The van der Waals surface area contributed by atoms with Crippen LogP contribution in [0.1, 0.15) is 51.9 Å². The molecule has 88 valence electrons. The van der Waals surface area contributed by atoms with E-state index in [2.05, 4.69) is 12.2 Å². The van der Waals surface area contributed by atoms with Gasteiger partial charge in [-0.2, -0.15) is 0 Å². The molecule has 1 fully saturated rings. The number of rotatable bonds is 5. The van der Waals surface area contributed by atoms with Gasteiger partial charge in [-0.1, -0.05) is 6.92 Å². The molecule has 1 aliphatic carbocycles. The molecule has 0 saturated heterocycles. The third-order valence-corrected chi connectivity index (χ3v) is 3.19. The summed E-state index contributed by atoms with van der Waals surface area (Å²) in [6.07, 6.45) is 6.83. The molecule has 2 N–H and O–H groups in total. The first kappa shape index (κ1) is 12.5. The molecule has 0 unspecified atom stereocenters. The number of aliphatic hydroxyl groups is 1. The van der Waals surface area contributed by atoms with Crippen LogP contribution in [-0.2, 0) is 4.79 Å². The molecule has 1 amide bonds. The number of carbonyl (C=O) groups is 1. The highest BCUT2D eigenvalue weighted by atomic mass is 16.2. The van der Waals surface area contributed by atoms with Gasteiger partial charge in [0.2, 0.25) is 5.91 Å². The Hall–Kier alpha value is -0.570. The van der Waals surface area contributed by atoms with E-state index in [4.69, 9.17) is 5.11 Å². The standard InChI is InChI=1S/C12H23NO2/c1-10-5-7-11(8-6-10)13-12(15)4-2-3-9-14/h10-11,14H,2-9H2,1H3,(H,13,15). The second kappa shape index (κ2) is 6.83. The predicted molar refractivity (Wildman–Crippen MR) is 60.5 cm³/mol. The average Bonchev–Trinajstić information content (AvgIpc) is 2.22. The Morgan fingerprint density at radius 3 is 2.53 bits per heavy atom. The minimum absolute atomic E-state index is 0.156. The molecule has 0 radical (unpaired) electrons. The number of carbonyl (C=O) groups excluding carboxylic acids is 1. The number of hydrogen-bond acceptors (Lipinski definition) is 2. The van der Waals surface area contributed by atoms with Crippen LogP contribution in [-0.4, -0.2) is 23.7 Å². The lowest BCUT2D eigenvalue weighted by molar-refractivity contribution is -0.122. The maximum atomic E-state index is 11.5. The van der Waals surface area contributed by atoms with Gasteiger partial charge in [0.05, 0.1) is 0 Å². The first-order valence-electron chi connectivity index (χ1n) is 6.12. The van der Waals surface area contributed by atoms with Gasteiger partial charge in [0.15, 0.2) is 0 Å². The molecule has 3 heteroatoms. The van der Waals surface area contributed by atoms with E-state index in [1.807, 2.05) is 0 Å². The van der Waals surface area contributed by atoms with Crippen LogP contribution in [0.3, 0.4) is 0 Å². The van der Waals surface area contributed by atoms with E-state index in [9.17, 15) is 4.79 Å². The van der Waals surface area contributed by atoms with E-state index in [0.717, 1.165) is 31.6 Å². The number of aliphatic hydroxyl groups excluding tert-OH is 1. The second-order valence-electron chi connectivity index (χ2n) is 4.71. The van der Waals surface area contributed by atoms with Crippen molar-refractivity contribution in [2.45, 2.75) is 57.9 Å². The summed E-state index contributed by atoms with van der Waals surface area (Å²) >= 11 is 0. The number of hydrogen-bond donors (Lipinski definition) is 2. The van der Waals surface area contributed by atoms with Gasteiger partial charge in [-0.15, -0.1) is 0 Å². The lowest BCUT2D eigenvalue weighted by Gasteiger charge is -2.26. The van der Waals surface area contributed by atoms with Gasteiger partial charge in [-0.3, -0.25) is 4.79 Å². The van der Waals surface area contributed by atoms with Gasteiger partial charge < -0.3 is 10.4 Å². The molecule has 0 spiro atoms. The topological polar surface area (TPSA) is 49.3 Å². The highest BCUT2D eigenvalue weighted by Crippen LogP contribution is 2.23. The molecule has 1 rings (SSSR count). The first-order valence-corrected chi connectivity index (χ1v) is 6.12. The fourth-order valence-electron chi connectivity index (χ4n) is 2.10. The fourth-order valence-corrected chi connectivity index (χ4v) is 2.10. The monoisotopic (exact) mass is 213 g/mol. The first-order chi connectivity index (χ1) is 7.22. The summed E-state index contributed by atoms with van der Waals surface area (Å²) in [5.74, 6) is 0.982. The Kier molecular flexibility index (Phi) is 5.69. The van der Waals surface area contributed by atoms with E-state index in [-0.39, 0.29) is 12.5 Å². The third kappa shape index (κ3) is 5.17. The zero-order valence-corrected chi connectivity index (χ0v) is 9.67. The van der Waals surface area contributed by atoms with Crippen LogP contribution in [0.4, 0.5) is 0 Å². The quantitative estimate of drug-likeness (QED) is 0.685. The summed E-state index contributed by atoms with van der Waals surface area (Å²) in [6.45, 7) is 2.47. The Morgan fingerprint density at radius 1 is 1.27 bits per heavy atom. The van der Waals surface area contributed by atoms with Crippen molar-refractivity contribution < 1.29 is 9.90 Å². The zero-order chi connectivity index (χ0) is 11.1. The van der Waals surface area contributed by atoms with Crippen molar-refractivity contribution in [3.8, 4) is 0 Å². The molecule has 0 aromatic heterocycles. The van der Waals surface area contributed by atoms with Crippen LogP contribution >= 0.6 is 0 Å². The molecular formula is C12H23NO2. The van der Waals surface area contributed by atoms with Crippen LogP contribution < -0.4 is 5.32 Å². The largest absolute Gasteiger partial charge is 0.396 e. The van der Waals surface area contributed by atoms with Gasteiger partial charge in [0.1, 0.15) is 0 Å². The maximum Gasteiger partial charge on any atom is 0.220 e. The maximum absolute atomic E-state index is 11.5. The third-order valence-electron chi connectivity index (χ3n) is 3.19. The van der Waals surface area contributed by atoms with Crippen molar-refractivity contribution in [2.75, 3.05) is 6.61 Å². The Morgan fingerprint density at radius 2 is 1.93 bits per heavy atom. The van der Waals surface area contributed by atoms with Crippen molar-refractivity contribution in [3.05, 3.63) is 0 Å². The van der Waals surface area contributed by atoms with Crippen LogP contribution in [0.25, 0.3) is 0 Å². The highest BCUT2D eigenvalue weighted by Gasteiger charge is 2.19. The van der Waals surface area contributed by atoms with Crippen LogP contribution in [0, 0.1) is 5.92 Å². The Labute approximate surface area is 92.3 Å². The molecule has 0 bridgehead atoms. The van der Waals surface area contributed by atoms with E-state index in [1.165, 1.54) is 12.8 Å². The lowest BCUT2D eigenvalue weighted by atomic mass is 9.87. The molecule has 15 heavy (non-hydrogen) atoms. The van der Waals surface area contributed by atoms with Gasteiger partial charge >= 0.3 is 0 Å². The molecule has 0 aromatic carbocycles.